The van der Waals surface area contributed by atoms with Gasteiger partial charge in [-0.05, 0) is 59.2 Å². The summed E-state index contributed by atoms with van der Waals surface area (Å²) in [5.74, 6) is -0.391. The summed E-state index contributed by atoms with van der Waals surface area (Å²) in [6.07, 6.45) is 0. The summed E-state index contributed by atoms with van der Waals surface area (Å²) in [7, 11) is 0. The van der Waals surface area contributed by atoms with Crippen LogP contribution in [0.4, 0.5) is 11.4 Å². The first-order chi connectivity index (χ1) is 13.3. The van der Waals surface area contributed by atoms with Crippen molar-refractivity contribution in [3.8, 4) is 0 Å². The summed E-state index contributed by atoms with van der Waals surface area (Å²) in [4.78, 5) is 25.9. The van der Waals surface area contributed by atoms with Crippen molar-refractivity contribution in [2.75, 3.05) is 10.6 Å². The van der Waals surface area contributed by atoms with Crippen molar-refractivity contribution in [3.05, 3.63) is 81.5 Å². The Morgan fingerprint density at radius 3 is 1.89 bits per heavy atom. The summed E-state index contributed by atoms with van der Waals surface area (Å²) in [5, 5.41) is 7.68. The predicted molar refractivity (Wildman–Crippen MR) is 117 cm³/mol. The summed E-state index contributed by atoms with van der Waals surface area (Å²) >= 11 is 1.40. The van der Waals surface area contributed by atoms with Gasteiger partial charge in [-0.3, -0.25) is 9.59 Å². The van der Waals surface area contributed by atoms with Crippen molar-refractivity contribution in [1.29, 1.82) is 0 Å². The van der Waals surface area contributed by atoms with Crippen molar-refractivity contribution in [2.45, 2.75) is 33.1 Å². The summed E-state index contributed by atoms with van der Waals surface area (Å²) < 4.78 is 0. The van der Waals surface area contributed by atoms with Crippen LogP contribution in [0.15, 0.2) is 60.0 Å². The number of hydrogen-bond donors (Lipinski definition) is 2. The zero-order valence-corrected chi connectivity index (χ0v) is 17.3. The van der Waals surface area contributed by atoms with Crippen LogP contribution >= 0.6 is 11.3 Å². The lowest BCUT2D eigenvalue weighted by Gasteiger charge is -2.19. The van der Waals surface area contributed by atoms with Gasteiger partial charge in [-0.2, -0.15) is 0 Å². The molecule has 0 unspecified atom stereocenters. The predicted octanol–water partition coefficient (Wildman–Crippen LogP) is 5.86. The van der Waals surface area contributed by atoms with E-state index in [0.717, 1.165) is 5.56 Å². The third kappa shape index (κ3) is 4.49. The minimum atomic E-state index is -0.213. The number of carbonyl (C=O) groups is 2. The Bertz CT molecular complexity index is 998. The second-order valence-electron chi connectivity index (χ2n) is 7.71. The number of amides is 2. The van der Waals surface area contributed by atoms with Crippen LogP contribution in [0.5, 0.6) is 0 Å². The monoisotopic (exact) mass is 392 g/mol. The maximum absolute atomic E-state index is 12.7. The van der Waals surface area contributed by atoms with Crippen molar-refractivity contribution in [1.82, 2.24) is 0 Å². The molecule has 0 radical (unpaired) electrons. The number of benzene rings is 2. The zero-order valence-electron chi connectivity index (χ0n) is 16.5. The summed E-state index contributed by atoms with van der Waals surface area (Å²) in [6, 6.07) is 16.7. The number of hydrogen-bond acceptors (Lipinski definition) is 3. The van der Waals surface area contributed by atoms with Crippen LogP contribution in [-0.4, -0.2) is 11.8 Å². The standard InChI is InChI=1S/C23H24N2O2S/c1-15-13-14-28-20(15)22(27)25-19-8-6-5-7-18(19)24-21(26)16-9-11-17(12-10-16)23(2,3)4/h5-14H,1-4H3,(H,24,26)(H,25,27). The van der Waals surface area contributed by atoms with Gasteiger partial charge in [-0.25, -0.2) is 0 Å². The molecule has 2 N–H and O–H groups in total. The molecule has 1 aromatic heterocycles. The molecule has 0 aliphatic heterocycles. The summed E-state index contributed by atoms with van der Waals surface area (Å²) in [5.41, 5.74) is 3.84. The largest absolute Gasteiger partial charge is 0.320 e. The average molecular weight is 393 g/mol. The summed E-state index contributed by atoms with van der Waals surface area (Å²) in [6.45, 7) is 8.31. The fraction of sp³-hybridized carbons (Fsp3) is 0.217. The second kappa shape index (κ2) is 7.98. The van der Waals surface area contributed by atoms with Gasteiger partial charge in [0.15, 0.2) is 0 Å². The number of anilines is 2. The average Bonchev–Trinajstić information content (AvgIpc) is 3.09. The number of para-hydroxylation sites is 2. The minimum Gasteiger partial charge on any atom is -0.320 e. The molecule has 0 spiro atoms. The van der Waals surface area contributed by atoms with Crippen molar-refractivity contribution in [3.63, 3.8) is 0 Å². The Kier molecular flexibility index (Phi) is 5.66. The lowest BCUT2D eigenvalue weighted by atomic mass is 9.87. The van der Waals surface area contributed by atoms with E-state index in [1.807, 2.05) is 54.8 Å². The van der Waals surface area contributed by atoms with E-state index in [9.17, 15) is 9.59 Å². The van der Waals surface area contributed by atoms with E-state index >= 15 is 0 Å². The third-order valence-electron chi connectivity index (χ3n) is 4.50. The van der Waals surface area contributed by atoms with E-state index in [0.29, 0.717) is 21.8 Å². The molecular weight excluding hydrogens is 368 g/mol. The van der Waals surface area contributed by atoms with Crippen LogP contribution in [0, 0.1) is 6.92 Å². The SMILES string of the molecule is Cc1ccsc1C(=O)Nc1ccccc1NC(=O)c1ccc(C(C)(C)C)cc1. The lowest BCUT2D eigenvalue weighted by Crippen LogP contribution is -2.17. The highest BCUT2D eigenvalue weighted by molar-refractivity contribution is 7.12. The Morgan fingerprint density at radius 1 is 0.821 bits per heavy atom. The Balaban J connectivity index is 1.77. The molecule has 144 valence electrons. The van der Waals surface area contributed by atoms with Gasteiger partial charge < -0.3 is 10.6 Å². The molecule has 0 bridgehead atoms. The highest BCUT2D eigenvalue weighted by atomic mass is 32.1. The first-order valence-corrected chi connectivity index (χ1v) is 10.00. The molecule has 5 heteroatoms. The number of nitrogens with one attached hydrogen (secondary N) is 2. The van der Waals surface area contributed by atoms with E-state index in [1.165, 1.54) is 16.9 Å². The number of thiophene rings is 1. The fourth-order valence-corrected chi connectivity index (χ4v) is 3.62. The lowest BCUT2D eigenvalue weighted by molar-refractivity contribution is 0.101. The van der Waals surface area contributed by atoms with E-state index in [4.69, 9.17) is 0 Å². The molecule has 1 heterocycles. The fourth-order valence-electron chi connectivity index (χ4n) is 2.80. The molecule has 0 aliphatic carbocycles. The quantitative estimate of drug-likeness (QED) is 0.584. The Hall–Kier alpha value is -2.92. The number of rotatable bonds is 4. The van der Waals surface area contributed by atoms with Gasteiger partial charge in [0.25, 0.3) is 11.8 Å². The topological polar surface area (TPSA) is 58.2 Å². The number of carbonyl (C=O) groups excluding carboxylic acids is 2. The second-order valence-corrected chi connectivity index (χ2v) is 8.63. The van der Waals surface area contributed by atoms with Gasteiger partial charge >= 0.3 is 0 Å². The molecule has 3 aromatic rings. The normalized spacial score (nSPS) is 11.1. The van der Waals surface area contributed by atoms with Gasteiger partial charge in [0.1, 0.15) is 0 Å². The van der Waals surface area contributed by atoms with Gasteiger partial charge in [0.05, 0.1) is 16.3 Å². The molecule has 0 saturated carbocycles. The molecule has 28 heavy (non-hydrogen) atoms. The van der Waals surface area contributed by atoms with E-state index in [-0.39, 0.29) is 17.2 Å². The minimum absolute atomic E-state index is 0.0335. The van der Waals surface area contributed by atoms with Crippen LogP contribution in [0.2, 0.25) is 0 Å². The maximum atomic E-state index is 12.7. The molecule has 0 saturated heterocycles. The molecule has 0 aliphatic rings. The third-order valence-corrected chi connectivity index (χ3v) is 5.52. The van der Waals surface area contributed by atoms with Crippen molar-refractivity contribution >= 4 is 34.5 Å². The van der Waals surface area contributed by atoms with Crippen molar-refractivity contribution < 1.29 is 9.59 Å². The van der Waals surface area contributed by atoms with Crippen molar-refractivity contribution in [2.24, 2.45) is 0 Å². The highest BCUT2D eigenvalue weighted by Gasteiger charge is 2.16. The molecule has 2 aromatic carbocycles. The van der Waals surface area contributed by atoms with E-state index in [2.05, 4.69) is 31.4 Å². The van der Waals surface area contributed by atoms with Crippen LogP contribution in [0.25, 0.3) is 0 Å². The van der Waals surface area contributed by atoms with Gasteiger partial charge in [-0.1, -0.05) is 45.0 Å². The molecule has 3 rings (SSSR count). The van der Waals surface area contributed by atoms with Gasteiger partial charge in [-0.15, -0.1) is 11.3 Å². The molecule has 2 amide bonds. The van der Waals surface area contributed by atoms with Crippen LogP contribution in [0.3, 0.4) is 0 Å². The molecule has 0 atom stereocenters. The molecule has 4 nitrogen and oxygen atoms in total. The first kappa shape index (κ1) is 19.8. The zero-order chi connectivity index (χ0) is 20.3. The number of aryl methyl sites for hydroxylation is 1. The van der Waals surface area contributed by atoms with E-state index in [1.54, 1.807) is 12.1 Å². The Labute approximate surface area is 169 Å². The van der Waals surface area contributed by atoms with E-state index < -0.39 is 0 Å². The van der Waals surface area contributed by atoms with Crippen LogP contribution in [-0.2, 0) is 5.41 Å². The van der Waals surface area contributed by atoms with Crippen LogP contribution in [0.1, 0.15) is 51.9 Å². The first-order valence-electron chi connectivity index (χ1n) is 9.12. The smallest absolute Gasteiger partial charge is 0.266 e. The van der Waals surface area contributed by atoms with Gasteiger partial charge in [0, 0.05) is 5.56 Å². The Morgan fingerprint density at radius 2 is 1.39 bits per heavy atom. The maximum Gasteiger partial charge on any atom is 0.266 e. The highest BCUT2D eigenvalue weighted by Crippen LogP contribution is 2.25. The van der Waals surface area contributed by atoms with Crippen LogP contribution < -0.4 is 10.6 Å². The molecule has 0 fully saturated rings. The van der Waals surface area contributed by atoms with Gasteiger partial charge in [0.2, 0.25) is 0 Å². The molecular formula is C23H24N2O2S.